The lowest BCUT2D eigenvalue weighted by molar-refractivity contribution is -0.129. The number of nitrogens with one attached hydrogen (secondary N) is 1. The Morgan fingerprint density at radius 2 is 1.44 bits per heavy atom. The van der Waals surface area contributed by atoms with Gasteiger partial charge in [0.2, 0.25) is 0 Å². The van der Waals surface area contributed by atoms with E-state index >= 15 is 0 Å². The standard InChI is InChI=1S/C21H21N3O/c22-16-21(14-8-3-9-15-21)20(25)24-23-19(17-10-4-1-5-11-17)18-12-6-2-7-13-18/h1-2,4-7,10-13H,3,8-9,14-15H2,(H,24,25). The Hall–Kier alpha value is -2.93. The lowest BCUT2D eigenvalue weighted by Crippen LogP contribution is -2.39. The summed E-state index contributed by atoms with van der Waals surface area (Å²) in [7, 11) is 0. The molecule has 1 amide bonds. The summed E-state index contributed by atoms with van der Waals surface area (Å²) >= 11 is 0. The minimum atomic E-state index is -0.944. The second-order valence-electron chi connectivity index (χ2n) is 6.39. The van der Waals surface area contributed by atoms with Crippen LogP contribution in [0, 0.1) is 16.7 Å². The number of hydrogen-bond acceptors (Lipinski definition) is 3. The third-order valence-electron chi connectivity index (χ3n) is 4.72. The Morgan fingerprint density at radius 1 is 0.920 bits per heavy atom. The highest BCUT2D eigenvalue weighted by Crippen LogP contribution is 2.35. The summed E-state index contributed by atoms with van der Waals surface area (Å²) in [5, 5.41) is 14.0. The van der Waals surface area contributed by atoms with E-state index in [9.17, 15) is 10.1 Å². The molecule has 0 bridgehead atoms. The van der Waals surface area contributed by atoms with Crippen LogP contribution in [0.4, 0.5) is 0 Å². The molecule has 1 fully saturated rings. The molecule has 0 aliphatic heterocycles. The van der Waals surface area contributed by atoms with Gasteiger partial charge in [-0.15, -0.1) is 0 Å². The van der Waals surface area contributed by atoms with E-state index < -0.39 is 5.41 Å². The molecule has 0 aromatic heterocycles. The van der Waals surface area contributed by atoms with Crippen LogP contribution in [0.1, 0.15) is 43.2 Å². The molecule has 0 heterocycles. The van der Waals surface area contributed by atoms with Gasteiger partial charge < -0.3 is 0 Å². The summed E-state index contributed by atoms with van der Waals surface area (Å²) in [6, 6.07) is 21.7. The first-order chi connectivity index (χ1) is 12.2. The summed E-state index contributed by atoms with van der Waals surface area (Å²) in [6.45, 7) is 0. The fourth-order valence-corrected chi connectivity index (χ4v) is 3.25. The zero-order valence-electron chi connectivity index (χ0n) is 14.1. The van der Waals surface area contributed by atoms with Crippen LogP contribution in [0.5, 0.6) is 0 Å². The van der Waals surface area contributed by atoms with Gasteiger partial charge in [-0.25, -0.2) is 5.43 Å². The lowest BCUT2D eigenvalue weighted by atomic mass is 9.75. The molecular formula is C21H21N3O. The minimum Gasteiger partial charge on any atom is -0.271 e. The number of benzene rings is 2. The van der Waals surface area contributed by atoms with E-state index in [1.54, 1.807) is 0 Å². The molecular weight excluding hydrogens is 310 g/mol. The number of rotatable bonds is 4. The summed E-state index contributed by atoms with van der Waals surface area (Å²) in [6.07, 6.45) is 4.12. The Bertz CT molecular complexity index is 743. The van der Waals surface area contributed by atoms with Gasteiger partial charge in [-0.1, -0.05) is 79.9 Å². The highest BCUT2D eigenvalue weighted by molar-refractivity contribution is 6.13. The van der Waals surface area contributed by atoms with E-state index in [0.29, 0.717) is 18.6 Å². The van der Waals surface area contributed by atoms with E-state index in [2.05, 4.69) is 16.6 Å². The van der Waals surface area contributed by atoms with Gasteiger partial charge in [0.1, 0.15) is 5.41 Å². The van der Waals surface area contributed by atoms with E-state index in [4.69, 9.17) is 0 Å². The molecule has 1 saturated carbocycles. The maximum absolute atomic E-state index is 12.7. The van der Waals surface area contributed by atoms with Crippen LogP contribution in [0.15, 0.2) is 65.8 Å². The lowest BCUT2D eigenvalue weighted by Gasteiger charge is -2.28. The second kappa shape index (κ2) is 7.76. The van der Waals surface area contributed by atoms with Gasteiger partial charge >= 0.3 is 0 Å². The smallest absolute Gasteiger partial charge is 0.260 e. The van der Waals surface area contributed by atoms with Crippen LogP contribution in [0.2, 0.25) is 0 Å². The zero-order chi connectivity index (χ0) is 17.5. The Balaban J connectivity index is 1.89. The van der Waals surface area contributed by atoms with Crippen LogP contribution < -0.4 is 5.43 Å². The molecule has 2 aromatic rings. The number of hydrogen-bond donors (Lipinski definition) is 1. The average molecular weight is 331 g/mol. The second-order valence-corrected chi connectivity index (χ2v) is 6.39. The van der Waals surface area contributed by atoms with Crippen molar-refractivity contribution in [1.29, 1.82) is 5.26 Å². The van der Waals surface area contributed by atoms with Crippen LogP contribution in [0.3, 0.4) is 0 Å². The van der Waals surface area contributed by atoms with Crippen molar-refractivity contribution in [2.75, 3.05) is 0 Å². The number of carbonyl (C=O) groups is 1. The molecule has 2 aromatic carbocycles. The Morgan fingerprint density at radius 3 is 1.92 bits per heavy atom. The van der Waals surface area contributed by atoms with Crippen molar-refractivity contribution >= 4 is 11.6 Å². The number of nitrogens with zero attached hydrogens (tertiary/aromatic N) is 2. The number of hydrazone groups is 1. The molecule has 4 heteroatoms. The number of carbonyl (C=O) groups excluding carboxylic acids is 1. The van der Waals surface area contributed by atoms with Crippen molar-refractivity contribution in [2.45, 2.75) is 32.1 Å². The normalized spacial score (nSPS) is 15.6. The average Bonchev–Trinajstić information content (AvgIpc) is 2.70. The first kappa shape index (κ1) is 16.9. The van der Waals surface area contributed by atoms with Crippen molar-refractivity contribution in [2.24, 2.45) is 10.5 Å². The molecule has 0 spiro atoms. The highest BCUT2D eigenvalue weighted by atomic mass is 16.2. The van der Waals surface area contributed by atoms with Crippen molar-refractivity contribution in [3.05, 3.63) is 71.8 Å². The van der Waals surface area contributed by atoms with E-state index in [1.807, 2.05) is 60.7 Å². The van der Waals surface area contributed by atoms with E-state index in [0.717, 1.165) is 30.4 Å². The fourth-order valence-electron chi connectivity index (χ4n) is 3.25. The van der Waals surface area contributed by atoms with Crippen LogP contribution in [0.25, 0.3) is 0 Å². The summed E-state index contributed by atoms with van der Waals surface area (Å²) in [5.41, 5.74) is 4.26. The largest absolute Gasteiger partial charge is 0.271 e. The van der Waals surface area contributed by atoms with Crippen LogP contribution in [-0.2, 0) is 4.79 Å². The van der Waals surface area contributed by atoms with Gasteiger partial charge in [0.05, 0.1) is 11.8 Å². The highest BCUT2D eigenvalue weighted by Gasteiger charge is 2.39. The molecule has 1 aliphatic carbocycles. The first-order valence-electron chi connectivity index (χ1n) is 8.65. The molecule has 0 saturated heterocycles. The molecule has 0 radical (unpaired) electrons. The molecule has 25 heavy (non-hydrogen) atoms. The zero-order valence-corrected chi connectivity index (χ0v) is 14.1. The third kappa shape index (κ3) is 3.77. The van der Waals surface area contributed by atoms with Gasteiger partial charge in [-0.2, -0.15) is 10.4 Å². The maximum atomic E-state index is 12.7. The molecule has 0 atom stereocenters. The molecule has 1 N–H and O–H groups in total. The van der Waals surface area contributed by atoms with Crippen molar-refractivity contribution in [3.63, 3.8) is 0 Å². The van der Waals surface area contributed by atoms with Crippen molar-refractivity contribution < 1.29 is 4.79 Å². The first-order valence-corrected chi connectivity index (χ1v) is 8.65. The van der Waals surface area contributed by atoms with Crippen molar-refractivity contribution in [1.82, 2.24) is 5.43 Å². The SMILES string of the molecule is N#CC1(C(=O)NN=C(c2ccccc2)c2ccccc2)CCCCC1. The van der Waals surface area contributed by atoms with E-state index in [1.165, 1.54) is 0 Å². The van der Waals surface area contributed by atoms with Gasteiger partial charge in [-0.3, -0.25) is 4.79 Å². The molecule has 126 valence electrons. The van der Waals surface area contributed by atoms with Gasteiger partial charge in [0, 0.05) is 11.1 Å². The molecule has 4 nitrogen and oxygen atoms in total. The third-order valence-corrected chi connectivity index (χ3v) is 4.72. The van der Waals surface area contributed by atoms with Gasteiger partial charge in [0.15, 0.2) is 0 Å². The van der Waals surface area contributed by atoms with Crippen molar-refractivity contribution in [3.8, 4) is 6.07 Å². The van der Waals surface area contributed by atoms with Crippen LogP contribution in [-0.4, -0.2) is 11.6 Å². The number of amides is 1. The summed E-state index contributed by atoms with van der Waals surface area (Å²) < 4.78 is 0. The van der Waals surface area contributed by atoms with Crippen LogP contribution >= 0.6 is 0 Å². The number of nitriles is 1. The van der Waals surface area contributed by atoms with Gasteiger partial charge in [0.25, 0.3) is 5.91 Å². The predicted molar refractivity (Wildman–Crippen MR) is 97.8 cm³/mol. The van der Waals surface area contributed by atoms with Gasteiger partial charge in [-0.05, 0) is 12.8 Å². The summed E-state index contributed by atoms with van der Waals surface area (Å²) in [4.78, 5) is 12.7. The summed E-state index contributed by atoms with van der Waals surface area (Å²) in [5.74, 6) is -0.293. The quantitative estimate of drug-likeness (QED) is 0.679. The topological polar surface area (TPSA) is 65.2 Å². The van der Waals surface area contributed by atoms with E-state index in [-0.39, 0.29) is 5.91 Å². The Kier molecular flexibility index (Phi) is 5.25. The minimum absolute atomic E-state index is 0.293. The predicted octanol–water partition coefficient (Wildman–Crippen LogP) is 4.03. The molecule has 3 rings (SSSR count). The monoisotopic (exact) mass is 331 g/mol. The Labute approximate surface area is 148 Å². The fraction of sp³-hybridized carbons (Fsp3) is 0.286. The molecule has 0 unspecified atom stereocenters. The maximum Gasteiger partial charge on any atom is 0.260 e. The molecule has 1 aliphatic rings.